The lowest BCUT2D eigenvalue weighted by Gasteiger charge is -2.20. The average molecular weight is 243 g/mol. The molecule has 0 fully saturated rings. The third-order valence-corrected chi connectivity index (χ3v) is 2.63. The van der Waals surface area contributed by atoms with Crippen molar-refractivity contribution in [3.05, 3.63) is 16.8 Å². The van der Waals surface area contributed by atoms with E-state index in [1.807, 2.05) is 13.8 Å². The van der Waals surface area contributed by atoms with Crippen LogP contribution in [0.25, 0.3) is 0 Å². The minimum Gasteiger partial charge on any atom is -0.456 e. The van der Waals surface area contributed by atoms with Gasteiger partial charge in [-0.1, -0.05) is 19.8 Å². The van der Waals surface area contributed by atoms with Crippen molar-refractivity contribution in [2.45, 2.75) is 46.1 Å². The summed E-state index contributed by atoms with van der Waals surface area (Å²) in [6, 6.07) is 2.14. The molecule has 0 aromatic carbocycles. The third-order valence-electron chi connectivity index (χ3n) is 2.63. The fourth-order valence-electron chi connectivity index (χ4n) is 1.61. The van der Waals surface area contributed by atoms with Crippen molar-refractivity contribution < 1.29 is 4.74 Å². The number of rotatable bonds is 4. The van der Waals surface area contributed by atoms with Gasteiger partial charge in [-0.3, -0.25) is 0 Å². The summed E-state index contributed by atoms with van der Waals surface area (Å²) >= 11 is 0. The van der Waals surface area contributed by atoms with E-state index < -0.39 is 5.60 Å². The Balaban J connectivity index is 3.32. The first-order valence-corrected chi connectivity index (χ1v) is 5.94. The van der Waals surface area contributed by atoms with Crippen LogP contribution in [0, 0.1) is 23.7 Å². The van der Waals surface area contributed by atoms with Gasteiger partial charge < -0.3 is 4.74 Å². The van der Waals surface area contributed by atoms with E-state index in [9.17, 15) is 5.26 Å². The van der Waals surface area contributed by atoms with Crippen LogP contribution in [0.5, 0.6) is 5.88 Å². The van der Waals surface area contributed by atoms with Crippen molar-refractivity contribution in [2.24, 2.45) is 0 Å². The highest BCUT2D eigenvalue weighted by atomic mass is 16.5. The molecule has 0 spiro atoms. The fraction of sp³-hybridized carbons (Fsp3) is 0.500. The number of nitrogens with zero attached hydrogens (tertiary/aromatic N) is 3. The molecule has 1 rings (SSSR count). The van der Waals surface area contributed by atoms with Crippen molar-refractivity contribution in [2.75, 3.05) is 0 Å². The third kappa shape index (κ3) is 2.78. The minimum absolute atomic E-state index is 0.217. The first kappa shape index (κ1) is 14.0. The van der Waals surface area contributed by atoms with E-state index >= 15 is 0 Å². The van der Waals surface area contributed by atoms with E-state index in [0.717, 1.165) is 17.7 Å². The van der Waals surface area contributed by atoms with Gasteiger partial charge >= 0.3 is 0 Å². The monoisotopic (exact) mass is 243 g/mol. The van der Waals surface area contributed by atoms with Crippen LogP contribution in [-0.2, 0) is 12.8 Å². The van der Waals surface area contributed by atoms with Gasteiger partial charge in [-0.2, -0.15) is 10.4 Å². The summed E-state index contributed by atoms with van der Waals surface area (Å²) in [7, 11) is 0. The van der Waals surface area contributed by atoms with E-state index in [1.54, 1.807) is 13.8 Å². The summed E-state index contributed by atoms with van der Waals surface area (Å²) in [6.07, 6.45) is 6.82. The molecule has 0 aliphatic heterocycles. The molecule has 0 aliphatic carbocycles. The molecule has 0 saturated heterocycles. The highest BCUT2D eigenvalue weighted by molar-refractivity contribution is 5.46. The molecule has 0 N–H and O–H groups in total. The van der Waals surface area contributed by atoms with Gasteiger partial charge in [-0.05, 0) is 32.3 Å². The predicted octanol–water partition coefficient (Wildman–Crippen LogP) is 2.26. The largest absolute Gasteiger partial charge is 0.456 e. The van der Waals surface area contributed by atoms with Crippen LogP contribution in [0.1, 0.15) is 44.5 Å². The van der Waals surface area contributed by atoms with Crippen LogP contribution in [0.4, 0.5) is 0 Å². The van der Waals surface area contributed by atoms with Crippen molar-refractivity contribution in [1.82, 2.24) is 10.2 Å². The van der Waals surface area contributed by atoms with Gasteiger partial charge in [0.1, 0.15) is 11.6 Å². The zero-order valence-corrected chi connectivity index (χ0v) is 11.2. The molecule has 94 valence electrons. The summed E-state index contributed by atoms with van der Waals surface area (Å²) in [6.45, 7) is 7.45. The summed E-state index contributed by atoms with van der Waals surface area (Å²) < 4.78 is 5.58. The van der Waals surface area contributed by atoms with Crippen molar-refractivity contribution >= 4 is 0 Å². The molecule has 0 atom stereocenters. The summed E-state index contributed by atoms with van der Waals surface area (Å²) in [5, 5.41) is 17.3. The normalized spacial score (nSPS) is 10.6. The second-order valence-electron chi connectivity index (χ2n) is 4.38. The van der Waals surface area contributed by atoms with Gasteiger partial charge in [0.2, 0.25) is 0 Å². The Morgan fingerprint density at radius 3 is 2.39 bits per heavy atom. The van der Waals surface area contributed by atoms with Crippen molar-refractivity contribution in [1.29, 1.82) is 5.26 Å². The van der Waals surface area contributed by atoms with E-state index in [4.69, 9.17) is 11.2 Å². The Hall–Kier alpha value is -2.07. The molecule has 18 heavy (non-hydrogen) atoms. The number of aryl methyl sites for hydroxylation is 1. The fourth-order valence-corrected chi connectivity index (χ4v) is 1.61. The Bertz CT molecular complexity index is 521. The maximum atomic E-state index is 9.27. The van der Waals surface area contributed by atoms with Crippen molar-refractivity contribution in [3.8, 4) is 24.3 Å². The number of hydrogen-bond acceptors (Lipinski definition) is 4. The highest BCUT2D eigenvalue weighted by Crippen LogP contribution is 2.24. The minimum atomic E-state index is -0.807. The van der Waals surface area contributed by atoms with Gasteiger partial charge in [0.25, 0.3) is 5.88 Å². The lowest BCUT2D eigenvalue weighted by Crippen LogP contribution is -2.27. The summed E-state index contributed by atoms with van der Waals surface area (Å²) in [4.78, 5) is 0. The summed E-state index contributed by atoms with van der Waals surface area (Å²) in [5.74, 6) is 2.72. The molecular weight excluding hydrogens is 226 g/mol. The highest BCUT2D eigenvalue weighted by Gasteiger charge is 2.22. The van der Waals surface area contributed by atoms with Crippen LogP contribution in [0.15, 0.2) is 0 Å². The van der Waals surface area contributed by atoms with E-state index in [1.165, 1.54) is 0 Å². The van der Waals surface area contributed by atoms with E-state index in [-0.39, 0.29) is 5.88 Å². The van der Waals surface area contributed by atoms with Crippen LogP contribution in [0.3, 0.4) is 0 Å². The second kappa shape index (κ2) is 5.51. The molecule has 0 saturated carbocycles. The Labute approximate surface area is 108 Å². The Kier molecular flexibility index (Phi) is 4.28. The van der Waals surface area contributed by atoms with Crippen molar-refractivity contribution in [3.63, 3.8) is 0 Å². The first-order valence-electron chi connectivity index (χ1n) is 5.94. The average Bonchev–Trinajstić information content (AvgIpc) is 2.37. The zero-order valence-electron chi connectivity index (χ0n) is 11.2. The van der Waals surface area contributed by atoms with Crippen LogP contribution in [0.2, 0.25) is 0 Å². The van der Waals surface area contributed by atoms with Gasteiger partial charge in [0.15, 0.2) is 5.60 Å². The molecule has 0 amide bonds. The molecule has 1 aromatic rings. The lowest BCUT2D eigenvalue weighted by atomic mass is 10.0. The molecule has 0 unspecified atom stereocenters. The quantitative estimate of drug-likeness (QED) is 0.761. The van der Waals surface area contributed by atoms with E-state index in [2.05, 4.69) is 22.2 Å². The van der Waals surface area contributed by atoms with Gasteiger partial charge in [0, 0.05) is 0 Å². The van der Waals surface area contributed by atoms with Gasteiger partial charge in [0.05, 0.1) is 5.69 Å². The van der Waals surface area contributed by atoms with Crippen LogP contribution in [-0.4, -0.2) is 15.8 Å². The first-order chi connectivity index (χ1) is 8.49. The van der Waals surface area contributed by atoms with Crippen LogP contribution >= 0.6 is 0 Å². The second-order valence-corrected chi connectivity index (χ2v) is 4.38. The maximum absolute atomic E-state index is 9.27. The standard InChI is InChI=1S/C14H17N3O/c1-6-10-11(9-15)13(17-16-12(10)7-2)18-14(4,5)8-3/h3H,6-7H2,1-2,4-5H3. The molecule has 4 heteroatoms. The SMILES string of the molecule is C#CC(C)(C)Oc1nnc(CC)c(CC)c1C#N. The number of hydrogen-bond donors (Lipinski definition) is 0. The molecule has 0 aliphatic rings. The zero-order chi connectivity index (χ0) is 13.8. The number of nitriles is 1. The maximum Gasteiger partial charge on any atom is 0.253 e. The number of terminal acetylenes is 1. The van der Waals surface area contributed by atoms with Crippen LogP contribution < -0.4 is 4.74 Å². The molecule has 1 aromatic heterocycles. The molecule has 4 nitrogen and oxygen atoms in total. The van der Waals surface area contributed by atoms with E-state index in [0.29, 0.717) is 12.0 Å². The Morgan fingerprint density at radius 2 is 1.94 bits per heavy atom. The van der Waals surface area contributed by atoms with Gasteiger partial charge in [-0.25, -0.2) is 0 Å². The molecular formula is C14H17N3O. The predicted molar refractivity (Wildman–Crippen MR) is 69.0 cm³/mol. The topological polar surface area (TPSA) is 58.8 Å². The summed E-state index contributed by atoms with van der Waals surface area (Å²) in [5.41, 5.74) is 1.35. The molecule has 1 heterocycles. The number of aromatic nitrogens is 2. The molecule has 0 bridgehead atoms. The number of ether oxygens (including phenoxy) is 1. The molecule has 0 radical (unpaired) electrons. The van der Waals surface area contributed by atoms with Gasteiger partial charge in [-0.15, -0.1) is 11.5 Å². The smallest absolute Gasteiger partial charge is 0.253 e. The Morgan fingerprint density at radius 1 is 1.28 bits per heavy atom. The lowest BCUT2D eigenvalue weighted by molar-refractivity contribution is 0.161.